The fourth-order valence-corrected chi connectivity index (χ4v) is 4.01. The van der Waals surface area contributed by atoms with Crippen LogP contribution < -0.4 is 23.7 Å². The van der Waals surface area contributed by atoms with Crippen LogP contribution in [-0.4, -0.2) is 43.1 Å². The maximum Gasteiger partial charge on any atom is 0.339 e. The van der Waals surface area contributed by atoms with Gasteiger partial charge in [-0.25, -0.2) is 24.0 Å². The highest BCUT2D eigenvalue weighted by Crippen LogP contribution is 2.42. The number of rotatable bonds is 15. The highest BCUT2D eigenvalue weighted by Gasteiger charge is 2.22. The van der Waals surface area contributed by atoms with Gasteiger partial charge < -0.3 is 28.4 Å². The molecule has 11 heteroatoms. The summed E-state index contributed by atoms with van der Waals surface area (Å²) in [5, 5.41) is 0. The molecular weight excluding hydrogens is 656 g/mol. The molecular formula is C40H38O11. The van der Waals surface area contributed by atoms with Gasteiger partial charge in [0.15, 0.2) is 11.5 Å². The molecule has 264 valence electrons. The Balaban J connectivity index is 1.97. The van der Waals surface area contributed by atoms with Crippen molar-refractivity contribution in [3.8, 4) is 39.9 Å². The first-order valence-corrected chi connectivity index (χ1v) is 15.4. The van der Waals surface area contributed by atoms with Crippen molar-refractivity contribution >= 4 is 35.4 Å². The molecule has 0 fully saturated rings. The van der Waals surface area contributed by atoms with E-state index in [1.807, 2.05) is 0 Å². The fraction of sp³-hybridized carbons (Fsp3) is 0.175. The first kappa shape index (κ1) is 39.0. The standard InChI is InChI=1S/C40H38O11/c1-10-36(41)49-34-21-32(29-13-15-30(16-14-29)46-19-20-47-37(42)23(2)3)33(50-39(44)25(6)7)22-35(34)51-40(45)27(9)26(8)28-11-17-31(18-12-28)48-38(43)24(4)5/h10-18,21-22H,1-2,4,6,19-20H2,3,5,7-9H3/b27-26+. The summed E-state index contributed by atoms with van der Waals surface area (Å²) in [5.74, 6) is -3.12. The van der Waals surface area contributed by atoms with E-state index in [9.17, 15) is 24.0 Å². The molecule has 0 bridgehead atoms. The van der Waals surface area contributed by atoms with Gasteiger partial charge >= 0.3 is 29.8 Å². The molecule has 3 aromatic rings. The van der Waals surface area contributed by atoms with E-state index < -0.39 is 29.8 Å². The SMILES string of the molecule is C=CC(=O)Oc1cc(-c2ccc(OCCOC(=O)C(=C)C)cc2)c(OC(=O)C(=C)C)cc1OC(=O)/C(C)=C(\C)c1ccc(OC(=O)C(=C)C)cc1. The molecule has 0 aliphatic heterocycles. The molecule has 0 amide bonds. The van der Waals surface area contributed by atoms with Gasteiger partial charge in [0.25, 0.3) is 0 Å². The average Bonchev–Trinajstić information content (AvgIpc) is 3.10. The van der Waals surface area contributed by atoms with Crippen molar-refractivity contribution in [3.63, 3.8) is 0 Å². The quantitative estimate of drug-likeness (QED) is 0.0685. The Labute approximate surface area is 296 Å². The monoisotopic (exact) mass is 694 g/mol. The Morgan fingerprint density at radius 1 is 0.588 bits per heavy atom. The molecule has 0 atom stereocenters. The largest absolute Gasteiger partial charge is 0.490 e. The van der Waals surface area contributed by atoms with Crippen LogP contribution >= 0.6 is 0 Å². The van der Waals surface area contributed by atoms with Crippen molar-refractivity contribution in [3.05, 3.63) is 121 Å². The van der Waals surface area contributed by atoms with Crippen LogP contribution in [0.3, 0.4) is 0 Å². The van der Waals surface area contributed by atoms with Crippen LogP contribution in [-0.2, 0) is 28.7 Å². The summed E-state index contributed by atoms with van der Waals surface area (Å²) < 4.78 is 32.7. The number of ether oxygens (including phenoxy) is 6. The van der Waals surface area contributed by atoms with Crippen molar-refractivity contribution in [2.45, 2.75) is 34.6 Å². The van der Waals surface area contributed by atoms with Gasteiger partial charge in [0, 0.05) is 40.0 Å². The predicted octanol–water partition coefficient (Wildman–Crippen LogP) is 7.31. The van der Waals surface area contributed by atoms with E-state index in [1.165, 1.54) is 26.0 Å². The van der Waals surface area contributed by atoms with Gasteiger partial charge in [-0.15, -0.1) is 0 Å². The van der Waals surface area contributed by atoms with Gasteiger partial charge in [-0.05, 0) is 81.7 Å². The fourth-order valence-electron chi connectivity index (χ4n) is 4.01. The number of hydrogen-bond donors (Lipinski definition) is 0. The van der Waals surface area contributed by atoms with E-state index in [0.29, 0.717) is 33.8 Å². The highest BCUT2D eigenvalue weighted by molar-refractivity contribution is 5.99. The molecule has 0 saturated heterocycles. The lowest BCUT2D eigenvalue weighted by Gasteiger charge is -2.17. The van der Waals surface area contributed by atoms with E-state index >= 15 is 0 Å². The van der Waals surface area contributed by atoms with Crippen LogP contribution in [0.4, 0.5) is 0 Å². The Hall–Kier alpha value is -6.49. The van der Waals surface area contributed by atoms with Crippen LogP contribution in [0.1, 0.15) is 40.2 Å². The normalized spacial score (nSPS) is 10.8. The van der Waals surface area contributed by atoms with Gasteiger partial charge in [0.2, 0.25) is 0 Å². The summed E-state index contributed by atoms with van der Waals surface area (Å²) in [6.07, 6.45) is 0.937. The minimum absolute atomic E-state index is 0.0140. The van der Waals surface area contributed by atoms with Crippen molar-refractivity contribution in [1.29, 1.82) is 0 Å². The van der Waals surface area contributed by atoms with Crippen LogP contribution in [0, 0.1) is 0 Å². The number of carbonyl (C=O) groups is 5. The Morgan fingerprint density at radius 2 is 1.12 bits per heavy atom. The zero-order chi connectivity index (χ0) is 37.8. The lowest BCUT2D eigenvalue weighted by Crippen LogP contribution is -2.14. The molecule has 51 heavy (non-hydrogen) atoms. The summed E-state index contributed by atoms with van der Waals surface area (Å²) in [7, 11) is 0. The average molecular weight is 695 g/mol. The molecule has 0 aromatic heterocycles. The Morgan fingerprint density at radius 3 is 1.69 bits per heavy atom. The van der Waals surface area contributed by atoms with Gasteiger partial charge in [0.05, 0.1) is 0 Å². The van der Waals surface area contributed by atoms with Crippen molar-refractivity contribution in [1.82, 2.24) is 0 Å². The summed E-state index contributed by atoms with van der Waals surface area (Å²) in [5.41, 5.74) is 2.83. The van der Waals surface area contributed by atoms with Crippen LogP contribution in [0.15, 0.2) is 115 Å². The predicted molar refractivity (Wildman–Crippen MR) is 190 cm³/mol. The first-order valence-electron chi connectivity index (χ1n) is 15.4. The highest BCUT2D eigenvalue weighted by atomic mass is 16.6. The van der Waals surface area contributed by atoms with Crippen molar-refractivity contribution in [2.75, 3.05) is 13.2 Å². The third-order valence-electron chi connectivity index (χ3n) is 6.99. The maximum absolute atomic E-state index is 13.4. The Bertz CT molecular complexity index is 1930. The van der Waals surface area contributed by atoms with Gasteiger partial charge in [-0.1, -0.05) is 50.6 Å². The van der Waals surface area contributed by atoms with E-state index in [0.717, 1.165) is 6.08 Å². The second-order valence-electron chi connectivity index (χ2n) is 11.2. The minimum Gasteiger partial charge on any atom is -0.490 e. The summed E-state index contributed by atoms with van der Waals surface area (Å²) in [6.45, 7) is 22.0. The molecule has 3 aromatic carbocycles. The molecule has 0 spiro atoms. The third-order valence-corrected chi connectivity index (χ3v) is 6.99. The van der Waals surface area contributed by atoms with Crippen molar-refractivity contribution < 1.29 is 52.4 Å². The Kier molecular flexibility index (Phi) is 13.6. The lowest BCUT2D eigenvalue weighted by molar-refractivity contribution is -0.139. The van der Waals surface area contributed by atoms with E-state index in [2.05, 4.69) is 26.3 Å². The van der Waals surface area contributed by atoms with Crippen molar-refractivity contribution in [2.24, 2.45) is 0 Å². The number of allylic oxidation sites excluding steroid dienone is 1. The molecule has 0 aliphatic carbocycles. The molecule has 0 radical (unpaired) electrons. The summed E-state index contributed by atoms with van der Waals surface area (Å²) in [4.78, 5) is 61.9. The first-order chi connectivity index (χ1) is 24.1. The lowest BCUT2D eigenvalue weighted by atomic mass is 10.0. The number of esters is 5. The smallest absolute Gasteiger partial charge is 0.339 e. The molecule has 0 heterocycles. The molecule has 0 unspecified atom stereocenters. The molecule has 0 saturated carbocycles. The van der Waals surface area contributed by atoms with Crippen LogP contribution in [0.25, 0.3) is 16.7 Å². The van der Waals surface area contributed by atoms with Crippen LogP contribution in [0.2, 0.25) is 0 Å². The molecule has 11 nitrogen and oxygen atoms in total. The topological polar surface area (TPSA) is 141 Å². The third kappa shape index (κ3) is 11.0. The maximum atomic E-state index is 13.4. The number of benzene rings is 3. The molecule has 3 rings (SSSR count). The zero-order valence-electron chi connectivity index (χ0n) is 29.1. The van der Waals surface area contributed by atoms with E-state index in [4.69, 9.17) is 28.4 Å². The number of hydrogen-bond acceptors (Lipinski definition) is 11. The van der Waals surface area contributed by atoms with Gasteiger partial charge in [-0.3, -0.25) is 0 Å². The summed E-state index contributed by atoms with van der Waals surface area (Å²) in [6, 6.07) is 15.7. The second kappa shape index (κ2) is 17.8. The molecule has 0 N–H and O–H groups in total. The van der Waals surface area contributed by atoms with Gasteiger partial charge in [-0.2, -0.15) is 0 Å². The van der Waals surface area contributed by atoms with Gasteiger partial charge in [0.1, 0.15) is 30.5 Å². The van der Waals surface area contributed by atoms with E-state index in [-0.39, 0.29) is 52.8 Å². The number of carbonyl (C=O) groups excluding carboxylic acids is 5. The zero-order valence-corrected chi connectivity index (χ0v) is 29.1. The second-order valence-corrected chi connectivity index (χ2v) is 11.2. The van der Waals surface area contributed by atoms with E-state index in [1.54, 1.807) is 69.3 Å². The molecule has 0 aliphatic rings. The summed E-state index contributed by atoms with van der Waals surface area (Å²) >= 11 is 0. The minimum atomic E-state index is -0.836. The van der Waals surface area contributed by atoms with Crippen LogP contribution in [0.5, 0.6) is 28.7 Å².